The molecule has 1 amide bonds. The van der Waals surface area contributed by atoms with Crippen LogP contribution in [-0.4, -0.2) is 33.9 Å². The third kappa shape index (κ3) is 4.62. The number of aliphatic hydroxyl groups excluding tert-OH is 1. The van der Waals surface area contributed by atoms with Crippen molar-refractivity contribution in [3.05, 3.63) is 54.1 Å². The van der Waals surface area contributed by atoms with Crippen molar-refractivity contribution in [1.82, 2.24) is 0 Å². The summed E-state index contributed by atoms with van der Waals surface area (Å²) in [7, 11) is 1.60. The minimum atomic E-state index is -0.599. The van der Waals surface area contributed by atoms with Crippen LogP contribution in [0.25, 0.3) is 0 Å². The standard InChI is InChI=1S/C16H18AsNO3/c1-21-14-7-4-6-13(9-14)18-16(20)10-17-15-8-3-2-5-12(15)11-19/h2-9,17,19H,10-11H2,1H3,(H,18,20). The predicted molar refractivity (Wildman–Crippen MR) is 85.6 cm³/mol. The molecule has 0 bridgehead atoms. The number of carbonyl (C=O) groups excluding carboxylic acids is 1. The molecule has 1 atom stereocenters. The number of methoxy groups -OCH3 is 1. The predicted octanol–water partition coefficient (Wildman–Crippen LogP) is 1.31. The number of rotatable bonds is 6. The van der Waals surface area contributed by atoms with Crippen LogP contribution >= 0.6 is 0 Å². The zero-order valence-electron chi connectivity index (χ0n) is 11.8. The number of hydrogen-bond acceptors (Lipinski definition) is 3. The fourth-order valence-electron chi connectivity index (χ4n) is 1.91. The zero-order chi connectivity index (χ0) is 15.1. The second kappa shape index (κ2) is 7.86. The normalized spacial score (nSPS) is 10.8. The molecule has 0 spiro atoms. The van der Waals surface area contributed by atoms with Gasteiger partial charge in [0.2, 0.25) is 0 Å². The van der Waals surface area contributed by atoms with Gasteiger partial charge in [-0.15, -0.1) is 0 Å². The summed E-state index contributed by atoms with van der Waals surface area (Å²) in [6.07, 6.45) is 0. The summed E-state index contributed by atoms with van der Waals surface area (Å²) in [6.45, 7) is 0.0250. The Hall–Kier alpha value is -1.77. The first kappa shape index (κ1) is 15.6. The zero-order valence-corrected chi connectivity index (χ0v) is 13.9. The molecule has 0 radical (unpaired) electrons. The Balaban J connectivity index is 1.92. The van der Waals surface area contributed by atoms with Crippen LogP contribution in [0, 0.1) is 0 Å². The van der Waals surface area contributed by atoms with Gasteiger partial charge in [0.1, 0.15) is 0 Å². The first-order valence-corrected chi connectivity index (χ1v) is 9.12. The van der Waals surface area contributed by atoms with Gasteiger partial charge in [-0.25, -0.2) is 0 Å². The number of carbonyl (C=O) groups is 1. The summed E-state index contributed by atoms with van der Waals surface area (Å²) in [6, 6.07) is 15.0. The molecule has 4 nitrogen and oxygen atoms in total. The van der Waals surface area contributed by atoms with Crippen LogP contribution in [0.2, 0.25) is 5.21 Å². The molecule has 110 valence electrons. The molecular weight excluding hydrogens is 329 g/mol. The Morgan fingerprint density at radius 1 is 1.24 bits per heavy atom. The molecule has 0 heterocycles. The van der Waals surface area contributed by atoms with Crippen molar-refractivity contribution in [3.8, 4) is 5.75 Å². The number of anilines is 1. The molecule has 0 aliphatic carbocycles. The van der Waals surface area contributed by atoms with E-state index in [0.717, 1.165) is 21.4 Å². The summed E-state index contributed by atoms with van der Waals surface area (Å²) >= 11 is -0.599. The van der Waals surface area contributed by atoms with E-state index in [0.29, 0.717) is 5.21 Å². The van der Waals surface area contributed by atoms with E-state index in [1.54, 1.807) is 13.2 Å². The molecule has 2 rings (SSSR count). The molecule has 0 saturated carbocycles. The van der Waals surface area contributed by atoms with Gasteiger partial charge in [-0.1, -0.05) is 0 Å². The van der Waals surface area contributed by atoms with E-state index in [9.17, 15) is 9.90 Å². The van der Waals surface area contributed by atoms with E-state index in [2.05, 4.69) is 5.32 Å². The van der Waals surface area contributed by atoms with Crippen LogP contribution in [0.1, 0.15) is 5.56 Å². The number of benzene rings is 2. The van der Waals surface area contributed by atoms with E-state index in [1.165, 1.54) is 0 Å². The minimum absolute atomic E-state index is 0.00371. The van der Waals surface area contributed by atoms with Crippen LogP contribution < -0.4 is 14.4 Å². The van der Waals surface area contributed by atoms with Gasteiger partial charge in [-0.2, -0.15) is 0 Å². The molecule has 2 N–H and O–H groups in total. The van der Waals surface area contributed by atoms with Crippen LogP contribution in [0.5, 0.6) is 5.75 Å². The first-order chi connectivity index (χ1) is 10.2. The van der Waals surface area contributed by atoms with Crippen molar-refractivity contribution in [1.29, 1.82) is 0 Å². The summed E-state index contributed by atoms with van der Waals surface area (Å²) in [4.78, 5) is 12.0. The molecule has 0 aromatic heterocycles. The Bertz CT molecular complexity index is 616. The average Bonchev–Trinajstić information content (AvgIpc) is 2.53. The number of aliphatic hydroxyl groups is 1. The molecule has 0 aliphatic rings. The van der Waals surface area contributed by atoms with Crippen LogP contribution in [-0.2, 0) is 11.4 Å². The van der Waals surface area contributed by atoms with Gasteiger partial charge in [-0.05, 0) is 0 Å². The number of hydrogen-bond donors (Lipinski definition) is 2. The van der Waals surface area contributed by atoms with Crippen molar-refractivity contribution in [2.24, 2.45) is 0 Å². The van der Waals surface area contributed by atoms with Gasteiger partial charge in [0.15, 0.2) is 0 Å². The van der Waals surface area contributed by atoms with Gasteiger partial charge >= 0.3 is 130 Å². The number of amides is 1. The van der Waals surface area contributed by atoms with E-state index in [1.807, 2.05) is 42.5 Å². The third-order valence-corrected chi connectivity index (χ3v) is 5.85. The first-order valence-electron chi connectivity index (χ1n) is 6.59. The molecule has 0 aliphatic heterocycles. The fraction of sp³-hybridized carbons (Fsp3) is 0.188. The molecule has 0 fully saturated rings. The van der Waals surface area contributed by atoms with E-state index >= 15 is 0 Å². The maximum absolute atomic E-state index is 12.0. The van der Waals surface area contributed by atoms with Crippen molar-refractivity contribution in [2.45, 2.75) is 11.8 Å². The van der Waals surface area contributed by atoms with Gasteiger partial charge in [0, 0.05) is 0 Å². The molecule has 0 saturated heterocycles. The van der Waals surface area contributed by atoms with Crippen LogP contribution in [0.15, 0.2) is 48.5 Å². The van der Waals surface area contributed by atoms with Gasteiger partial charge in [0.25, 0.3) is 0 Å². The van der Waals surface area contributed by atoms with Crippen LogP contribution in [0.3, 0.4) is 0 Å². The van der Waals surface area contributed by atoms with Gasteiger partial charge in [0.05, 0.1) is 0 Å². The average molecular weight is 347 g/mol. The van der Waals surface area contributed by atoms with Crippen molar-refractivity contribution in [3.63, 3.8) is 0 Å². The SMILES string of the molecule is COc1cccc(NC(=O)C[AsH]c2ccccc2CO)c1. The second-order valence-electron chi connectivity index (χ2n) is 4.45. The molecule has 21 heavy (non-hydrogen) atoms. The van der Waals surface area contributed by atoms with Crippen molar-refractivity contribution >= 4 is 31.7 Å². The Labute approximate surface area is 130 Å². The fourth-order valence-corrected chi connectivity index (χ4v) is 4.10. The molecular formula is C16H18AsNO3. The third-order valence-electron chi connectivity index (χ3n) is 2.98. The van der Waals surface area contributed by atoms with Gasteiger partial charge in [-0.3, -0.25) is 0 Å². The summed E-state index contributed by atoms with van der Waals surface area (Å²) in [5, 5.41) is 12.7. The molecule has 1 unspecified atom stereocenters. The summed E-state index contributed by atoms with van der Waals surface area (Å²) in [5.74, 6) is 0.713. The van der Waals surface area contributed by atoms with Crippen molar-refractivity contribution in [2.75, 3.05) is 12.4 Å². The second-order valence-corrected chi connectivity index (χ2v) is 7.06. The number of ether oxygens (including phenoxy) is 1. The molecule has 2 aromatic rings. The molecule has 2 aromatic carbocycles. The Morgan fingerprint density at radius 2 is 2.05 bits per heavy atom. The van der Waals surface area contributed by atoms with Crippen LogP contribution in [0.4, 0.5) is 5.69 Å². The quantitative estimate of drug-likeness (QED) is 0.775. The van der Waals surface area contributed by atoms with Crippen molar-refractivity contribution < 1.29 is 14.6 Å². The summed E-state index contributed by atoms with van der Waals surface area (Å²) < 4.78 is 6.25. The summed E-state index contributed by atoms with van der Waals surface area (Å²) in [5.41, 5.74) is 1.66. The maximum atomic E-state index is 12.0. The van der Waals surface area contributed by atoms with E-state index < -0.39 is 15.8 Å². The Morgan fingerprint density at radius 3 is 2.81 bits per heavy atom. The monoisotopic (exact) mass is 347 g/mol. The number of nitrogens with one attached hydrogen (secondary N) is 1. The topological polar surface area (TPSA) is 58.6 Å². The van der Waals surface area contributed by atoms with E-state index in [-0.39, 0.29) is 12.5 Å². The van der Waals surface area contributed by atoms with Gasteiger partial charge < -0.3 is 0 Å². The van der Waals surface area contributed by atoms with E-state index in [4.69, 9.17) is 4.74 Å². The molecule has 5 heteroatoms. The Kier molecular flexibility index (Phi) is 5.85.